The molecule has 1 aromatic carbocycles. The molecular weight excluding hydrogens is 384 g/mol. The summed E-state index contributed by atoms with van der Waals surface area (Å²) in [5.41, 5.74) is 7.05. The first-order valence-corrected chi connectivity index (χ1v) is 10.3. The van der Waals surface area contributed by atoms with Crippen LogP contribution in [0.15, 0.2) is 24.3 Å². The SMILES string of the molecule is Nc1c(C(=O)NCc2ccccc2Cl)nsc1C(=O)NC1CCCCCC1. The molecule has 0 spiro atoms. The monoisotopic (exact) mass is 406 g/mol. The van der Waals surface area contributed by atoms with Crippen molar-refractivity contribution in [3.05, 3.63) is 45.4 Å². The van der Waals surface area contributed by atoms with E-state index in [0.717, 1.165) is 42.8 Å². The smallest absolute Gasteiger partial charge is 0.273 e. The van der Waals surface area contributed by atoms with Crippen LogP contribution in [0.1, 0.15) is 64.2 Å². The van der Waals surface area contributed by atoms with Crippen LogP contribution in [-0.2, 0) is 6.54 Å². The molecule has 1 fully saturated rings. The third-order valence-electron chi connectivity index (χ3n) is 4.74. The first-order valence-electron chi connectivity index (χ1n) is 9.14. The Hall–Kier alpha value is -2.12. The molecule has 0 unspecified atom stereocenters. The molecule has 0 bridgehead atoms. The first-order chi connectivity index (χ1) is 13.1. The van der Waals surface area contributed by atoms with E-state index < -0.39 is 5.91 Å². The van der Waals surface area contributed by atoms with Gasteiger partial charge in [-0.1, -0.05) is 55.5 Å². The summed E-state index contributed by atoms with van der Waals surface area (Å²) in [5, 5.41) is 6.36. The van der Waals surface area contributed by atoms with Crippen molar-refractivity contribution in [2.75, 3.05) is 5.73 Å². The molecule has 3 rings (SSSR count). The Balaban J connectivity index is 1.62. The summed E-state index contributed by atoms with van der Waals surface area (Å²) in [7, 11) is 0. The van der Waals surface area contributed by atoms with E-state index in [2.05, 4.69) is 15.0 Å². The van der Waals surface area contributed by atoms with Gasteiger partial charge in [-0.05, 0) is 36.0 Å². The van der Waals surface area contributed by atoms with E-state index in [4.69, 9.17) is 17.3 Å². The van der Waals surface area contributed by atoms with Gasteiger partial charge in [-0.15, -0.1) is 0 Å². The molecule has 1 aliphatic rings. The van der Waals surface area contributed by atoms with Crippen LogP contribution in [0.3, 0.4) is 0 Å². The number of carbonyl (C=O) groups is 2. The number of amides is 2. The number of benzene rings is 1. The van der Waals surface area contributed by atoms with E-state index in [1.54, 1.807) is 6.07 Å². The van der Waals surface area contributed by atoms with E-state index in [1.165, 1.54) is 12.8 Å². The molecular formula is C19H23ClN4O2S. The second-order valence-electron chi connectivity index (χ2n) is 6.71. The Bertz CT molecular complexity index is 816. The molecule has 1 heterocycles. The van der Waals surface area contributed by atoms with E-state index in [1.807, 2.05) is 18.2 Å². The number of rotatable bonds is 5. The summed E-state index contributed by atoms with van der Waals surface area (Å²) in [6.45, 7) is 0.263. The molecule has 1 aromatic heterocycles. The van der Waals surface area contributed by atoms with E-state index in [0.29, 0.717) is 9.90 Å². The highest BCUT2D eigenvalue weighted by Crippen LogP contribution is 2.24. The van der Waals surface area contributed by atoms with Gasteiger partial charge in [-0.25, -0.2) is 0 Å². The predicted molar refractivity (Wildman–Crippen MR) is 108 cm³/mol. The Morgan fingerprint density at radius 1 is 1.15 bits per heavy atom. The van der Waals surface area contributed by atoms with Gasteiger partial charge in [0.05, 0.1) is 5.69 Å². The molecule has 4 N–H and O–H groups in total. The van der Waals surface area contributed by atoms with Crippen LogP contribution in [0, 0.1) is 0 Å². The van der Waals surface area contributed by atoms with Gasteiger partial charge in [-0.2, -0.15) is 4.37 Å². The van der Waals surface area contributed by atoms with Gasteiger partial charge < -0.3 is 16.4 Å². The molecule has 2 aromatic rings. The molecule has 0 radical (unpaired) electrons. The number of hydrogen-bond acceptors (Lipinski definition) is 5. The summed E-state index contributed by atoms with van der Waals surface area (Å²) in [6.07, 6.45) is 6.64. The molecule has 0 saturated heterocycles. The van der Waals surface area contributed by atoms with Crippen LogP contribution in [0.25, 0.3) is 0 Å². The highest BCUT2D eigenvalue weighted by atomic mass is 35.5. The summed E-state index contributed by atoms with van der Waals surface area (Å²) >= 11 is 7.05. The Morgan fingerprint density at radius 2 is 1.85 bits per heavy atom. The lowest BCUT2D eigenvalue weighted by atomic mass is 10.1. The number of nitrogens with two attached hydrogens (primary N) is 1. The molecule has 0 aliphatic heterocycles. The minimum Gasteiger partial charge on any atom is -0.395 e. The van der Waals surface area contributed by atoms with Crippen LogP contribution in [0.4, 0.5) is 5.69 Å². The highest BCUT2D eigenvalue weighted by Gasteiger charge is 2.24. The minimum absolute atomic E-state index is 0.0815. The maximum Gasteiger partial charge on any atom is 0.273 e. The molecule has 2 amide bonds. The molecule has 144 valence electrons. The lowest BCUT2D eigenvalue weighted by Crippen LogP contribution is -2.34. The lowest BCUT2D eigenvalue weighted by molar-refractivity contribution is 0.0937. The van der Waals surface area contributed by atoms with Gasteiger partial charge in [0.15, 0.2) is 5.69 Å². The molecule has 27 heavy (non-hydrogen) atoms. The van der Waals surface area contributed by atoms with Gasteiger partial charge >= 0.3 is 0 Å². The summed E-state index contributed by atoms with van der Waals surface area (Å²) < 4.78 is 4.09. The van der Waals surface area contributed by atoms with E-state index in [9.17, 15) is 9.59 Å². The largest absolute Gasteiger partial charge is 0.395 e. The van der Waals surface area contributed by atoms with E-state index >= 15 is 0 Å². The van der Waals surface area contributed by atoms with Crippen LogP contribution in [-0.4, -0.2) is 22.2 Å². The summed E-state index contributed by atoms with van der Waals surface area (Å²) in [4.78, 5) is 25.2. The topological polar surface area (TPSA) is 97.1 Å². The molecule has 0 atom stereocenters. The quantitative estimate of drug-likeness (QED) is 0.658. The van der Waals surface area contributed by atoms with E-state index in [-0.39, 0.29) is 29.9 Å². The van der Waals surface area contributed by atoms with Crippen LogP contribution >= 0.6 is 23.1 Å². The number of nitrogens with one attached hydrogen (secondary N) is 2. The minimum atomic E-state index is -0.419. The third kappa shape index (κ3) is 4.99. The van der Waals surface area contributed by atoms with Gasteiger partial charge in [0, 0.05) is 17.6 Å². The standard InChI is InChI=1S/C19H23ClN4O2S/c20-14-10-6-5-7-12(14)11-22-18(25)16-15(21)17(27-24-16)19(26)23-13-8-3-1-2-4-9-13/h5-7,10,13H,1-4,8-9,11,21H2,(H,22,25)(H,23,26). The fraction of sp³-hybridized carbons (Fsp3) is 0.421. The molecule has 6 nitrogen and oxygen atoms in total. The first kappa shape index (κ1) is 19.6. The predicted octanol–water partition coefficient (Wildman–Crippen LogP) is 3.76. The molecule has 1 aliphatic carbocycles. The number of aromatic nitrogens is 1. The van der Waals surface area contributed by atoms with Gasteiger partial charge in [0.1, 0.15) is 4.88 Å². The second-order valence-corrected chi connectivity index (χ2v) is 7.89. The summed E-state index contributed by atoms with van der Waals surface area (Å²) in [6, 6.07) is 7.43. The number of nitrogens with zero attached hydrogens (tertiary/aromatic N) is 1. The fourth-order valence-electron chi connectivity index (χ4n) is 3.20. The van der Waals surface area contributed by atoms with Crippen molar-refractivity contribution in [2.45, 2.75) is 51.1 Å². The number of carbonyl (C=O) groups excluding carboxylic acids is 2. The van der Waals surface area contributed by atoms with Crippen molar-refractivity contribution in [1.29, 1.82) is 0 Å². The number of halogens is 1. The zero-order valence-corrected chi connectivity index (χ0v) is 16.5. The normalized spacial score (nSPS) is 15.1. The fourth-order valence-corrected chi connectivity index (χ4v) is 4.10. The molecule has 8 heteroatoms. The van der Waals surface area contributed by atoms with Crippen LogP contribution in [0.5, 0.6) is 0 Å². The Kier molecular flexibility index (Phi) is 6.68. The van der Waals surface area contributed by atoms with Gasteiger partial charge in [-0.3, -0.25) is 9.59 Å². The second kappa shape index (κ2) is 9.19. The summed E-state index contributed by atoms with van der Waals surface area (Å²) in [5.74, 6) is -0.667. The van der Waals surface area contributed by atoms with Gasteiger partial charge in [0.2, 0.25) is 0 Å². The zero-order chi connectivity index (χ0) is 19.2. The molecule has 1 saturated carbocycles. The van der Waals surface area contributed by atoms with Crippen molar-refractivity contribution >= 4 is 40.6 Å². The number of hydrogen-bond donors (Lipinski definition) is 3. The van der Waals surface area contributed by atoms with Crippen molar-refractivity contribution in [3.63, 3.8) is 0 Å². The van der Waals surface area contributed by atoms with Crippen molar-refractivity contribution < 1.29 is 9.59 Å². The Labute approximate surface area is 167 Å². The van der Waals surface area contributed by atoms with Crippen molar-refractivity contribution in [2.24, 2.45) is 0 Å². The lowest BCUT2D eigenvalue weighted by Gasteiger charge is -2.15. The zero-order valence-electron chi connectivity index (χ0n) is 15.0. The average molecular weight is 407 g/mol. The van der Waals surface area contributed by atoms with Gasteiger partial charge in [0.25, 0.3) is 11.8 Å². The van der Waals surface area contributed by atoms with Crippen molar-refractivity contribution in [3.8, 4) is 0 Å². The Morgan fingerprint density at radius 3 is 2.56 bits per heavy atom. The maximum atomic E-state index is 12.5. The highest BCUT2D eigenvalue weighted by molar-refractivity contribution is 7.09. The average Bonchev–Trinajstić information content (AvgIpc) is 2.87. The number of anilines is 1. The van der Waals surface area contributed by atoms with Crippen molar-refractivity contribution in [1.82, 2.24) is 15.0 Å². The van der Waals surface area contributed by atoms with Crippen LogP contribution in [0.2, 0.25) is 5.02 Å². The number of nitrogen functional groups attached to an aromatic ring is 1. The third-order valence-corrected chi connectivity index (χ3v) is 5.97. The maximum absolute atomic E-state index is 12.5. The van der Waals surface area contributed by atoms with Crippen LogP contribution < -0.4 is 16.4 Å².